The molecule has 3 aromatic carbocycles. The number of rotatable bonds is 5. The van der Waals surface area contributed by atoms with E-state index in [2.05, 4.69) is 59.6 Å². The smallest absolute Gasteiger partial charge is 0.254 e. The summed E-state index contributed by atoms with van der Waals surface area (Å²) in [7, 11) is 0. The van der Waals surface area contributed by atoms with Crippen LogP contribution >= 0.6 is 0 Å². The van der Waals surface area contributed by atoms with Crippen molar-refractivity contribution in [1.29, 1.82) is 0 Å². The third kappa shape index (κ3) is 4.66. The van der Waals surface area contributed by atoms with E-state index in [0.29, 0.717) is 6.54 Å². The van der Waals surface area contributed by atoms with Crippen molar-refractivity contribution in [1.82, 2.24) is 10.2 Å². The Balaban J connectivity index is 1.48. The van der Waals surface area contributed by atoms with Crippen molar-refractivity contribution < 1.29 is 9.53 Å². The van der Waals surface area contributed by atoms with Gasteiger partial charge >= 0.3 is 0 Å². The van der Waals surface area contributed by atoms with Gasteiger partial charge in [0.1, 0.15) is 0 Å². The van der Waals surface area contributed by atoms with Crippen LogP contribution in [0, 0.1) is 0 Å². The highest BCUT2D eigenvalue weighted by Crippen LogP contribution is 2.44. The molecule has 1 amide bonds. The molecule has 0 saturated carbocycles. The Morgan fingerprint density at radius 1 is 0.941 bits per heavy atom. The molecule has 4 heteroatoms. The predicted octanol–water partition coefficient (Wildman–Crippen LogP) is 5.86. The lowest BCUT2D eigenvalue weighted by Gasteiger charge is -2.49. The van der Waals surface area contributed by atoms with Gasteiger partial charge in [-0.1, -0.05) is 78.9 Å². The molecule has 0 aliphatic carbocycles. The number of carbonyl (C=O) groups is 1. The van der Waals surface area contributed by atoms with Gasteiger partial charge in [-0.05, 0) is 68.5 Å². The van der Waals surface area contributed by atoms with E-state index in [-0.39, 0.29) is 23.7 Å². The summed E-state index contributed by atoms with van der Waals surface area (Å²) in [6.07, 6.45) is 3.69. The van der Waals surface area contributed by atoms with Crippen molar-refractivity contribution in [3.8, 4) is 11.1 Å². The lowest BCUT2D eigenvalue weighted by molar-refractivity contribution is -0.162. The van der Waals surface area contributed by atoms with Crippen molar-refractivity contribution >= 4 is 5.91 Å². The summed E-state index contributed by atoms with van der Waals surface area (Å²) in [5, 5.41) is 3.48. The van der Waals surface area contributed by atoms with Gasteiger partial charge in [0.2, 0.25) is 0 Å². The summed E-state index contributed by atoms with van der Waals surface area (Å²) in [5.41, 5.74) is 3.87. The molecule has 4 nitrogen and oxygen atoms in total. The van der Waals surface area contributed by atoms with Crippen LogP contribution in [-0.2, 0) is 4.74 Å². The highest BCUT2D eigenvalue weighted by atomic mass is 16.5. The molecule has 2 fully saturated rings. The summed E-state index contributed by atoms with van der Waals surface area (Å²) >= 11 is 0. The Labute approximate surface area is 202 Å². The van der Waals surface area contributed by atoms with Crippen LogP contribution in [0.15, 0.2) is 84.9 Å². The normalized spacial score (nSPS) is 21.8. The van der Waals surface area contributed by atoms with Crippen molar-refractivity contribution in [2.75, 3.05) is 19.6 Å². The maximum absolute atomic E-state index is 14.1. The molecule has 3 aromatic rings. The fraction of sp³-hybridized carbons (Fsp3) is 0.367. The summed E-state index contributed by atoms with van der Waals surface area (Å²) in [5.74, 6) is 0.116. The van der Waals surface area contributed by atoms with Crippen LogP contribution in [0.1, 0.15) is 54.6 Å². The van der Waals surface area contributed by atoms with Gasteiger partial charge < -0.3 is 15.0 Å². The molecule has 5 rings (SSSR count). The van der Waals surface area contributed by atoms with Gasteiger partial charge in [0.05, 0.1) is 11.7 Å². The lowest BCUT2D eigenvalue weighted by atomic mass is 9.79. The number of amides is 1. The third-order valence-corrected chi connectivity index (χ3v) is 7.46. The van der Waals surface area contributed by atoms with E-state index in [1.165, 1.54) is 5.56 Å². The number of benzene rings is 3. The molecule has 176 valence electrons. The zero-order valence-corrected chi connectivity index (χ0v) is 20.0. The summed E-state index contributed by atoms with van der Waals surface area (Å²) < 4.78 is 6.83. The quantitative estimate of drug-likeness (QED) is 0.525. The standard InChI is InChI=1S/C30H34N2O2/c1-2-32(29(33)27-16-10-9-15-26(27)23-11-5-3-6-12-23)25-21-28(24-13-7-4-8-14-24)34-30(22-25)17-19-31-20-18-30/h3-16,25,28,31H,2,17-22H2,1H3/t25-,28-/m1/s1. The molecule has 2 aliphatic rings. The van der Waals surface area contributed by atoms with E-state index in [9.17, 15) is 4.79 Å². The Hall–Kier alpha value is -2.95. The summed E-state index contributed by atoms with van der Waals surface area (Å²) in [4.78, 5) is 16.2. The van der Waals surface area contributed by atoms with E-state index < -0.39 is 0 Å². The number of carbonyl (C=O) groups excluding carboxylic acids is 1. The maximum Gasteiger partial charge on any atom is 0.254 e. The molecule has 0 aromatic heterocycles. The minimum Gasteiger partial charge on any atom is -0.367 e. The zero-order valence-electron chi connectivity index (χ0n) is 20.0. The third-order valence-electron chi connectivity index (χ3n) is 7.46. The lowest BCUT2D eigenvalue weighted by Crippen LogP contribution is -2.54. The van der Waals surface area contributed by atoms with E-state index in [1.54, 1.807) is 0 Å². The Morgan fingerprint density at radius 3 is 2.29 bits per heavy atom. The van der Waals surface area contributed by atoms with Crippen LogP contribution in [0.5, 0.6) is 0 Å². The predicted molar refractivity (Wildman–Crippen MR) is 137 cm³/mol. The van der Waals surface area contributed by atoms with Crippen LogP contribution in [0.2, 0.25) is 0 Å². The van der Waals surface area contributed by atoms with E-state index in [0.717, 1.165) is 55.5 Å². The SMILES string of the molecule is CCN(C(=O)c1ccccc1-c1ccccc1)[C@@H]1C[C@H](c2ccccc2)OC2(CCNCC2)C1. The monoisotopic (exact) mass is 454 g/mol. The second kappa shape index (κ2) is 10.1. The Bertz CT molecular complexity index is 1090. The molecule has 0 unspecified atom stereocenters. The number of hydrogen-bond acceptors (Lipinski definition) is 3. The van der Waals surface area contributed by atoms with Crippen LogP contribution < -0.4 is 5.32 Å². The molecular formula is C30H34N2O2. The first-order chi connectivity index (χ1) is 16.7. The van der Waals surface area contributed by atoms with Gasteiger partial charge in [-0.3, -0.25) is 4.79 Å². The molecule has 2 aliphatic heterocycles. The Kier molecular flexibility index (Phi) is 6.80. The molecule has 2 saturated heterocycles. The first-order valence-corrected chi connectivity index (χ1v) is 12.6. The maximum atomic E-state index is 14.1. The first kappa shape index (κ1) is 22.8. The zero-order chi connectivity index (χ0) is 23.4. The summed E-state index contributed by atoms with van der Waals surface area (Å²) in [6, 6.07) is 28.9. The molecule has 0 bridgehead atoms. The van der Waals surface area contributed by atoms with Crippen molar-refractivity contribution in [3.05, 3.63) is 96.1 Å². The van der Waals surface area contributed by atoms with Crippen molar-refractivity contribution in [2.24, 2.45) is 0 Å². The average Bonchev–Trinajstić information content (AvgIpc) is 2.90. The molecule has 2 atom stereocenters. The first-order valence-electron chi connectivity index (χ1n) is 12.6. The molecular weight excluding hydrogens is 420 g/mol. The number of ether oxygens (including phenoxy) is 1. The van der Waals surface area contributed by atoms with Gasteiger partial charge in [-0.2, -0.15) is 0 Å². The van der Waals surface area contributed by atoms with Gasteiger partial charge in [0.15, 0.2) is 0 Å². The fourth-order valence-electron chi connectivity index (χ4n) is 5.73. The summed E-state index contributed by atoms with van der Waals surface area (Å²) in [6.45, 7) is 4.71. The van der Waals surface area contributed by atoms with E-state index in [1.807, 2.05) is 42.5 Å². The van der Waals surface area contributed by atoms with Gasteiger partial charge in [0, 0.05) is 18.2 Å². The fourth-order valence-corrected chi connectivity index (χ4v) is 5.73. The van der Waals surface area contributed by atoms with Crippen LogP contribution in [0.3, 0.4) is 0 Å². The van der Waals surface area contributed by atoms with E-state index >= 15 is 0 Å². The Morgan fingerprint density at radius 2 is 1.59 bits per heavy atom. The molecule has 0 radical (unpaired) electrons. The van der Waals surface area contributed by atoms with Gasteiger partial charge in [-0.15, -0.1) is 0 Å². The van der Waals surface area contributed by atoms with Crippen LogP contribution in [-0.4, -0.2) is 42.1 Å². The van der Waals surface area contributed by atoms with Crippen LogP contribution in [0.25, 0.3) is 11.1 Å². The topological polar surface area (TPSA) is 41.6 Å². The number of nitrogens with zero attached hydrogens (tertiary/aromatic N) is 1. The largest absolute Gasteiger partial charge is 0.367 e. The molecule has 34 heavy (non-hydrogen) atoms. The second-order valence-electron chi connectivity index (χ2n) is 9.55. The van der Waals surface area contributed by atoms with E-state index in [4.69, 9.17) is 4.74 Å². The highest BCUT2D eigenvalue weighted by molar-refractivity contribution is 6.01. The minimum atomic E-state index is -0.179. The highest BCUT2D eigenvalue weighted by Gasteiger charge is 2.45. The second-order valence-corrected chi connectivity index (χ2v) is 9.55. The average molecular weight is 455 g/mol. The number of piperidine rings is 1. The minimum absolute atomic E-state index is 0.00395. The van der Waals surface area contributed by atoms with Crippen molar-refractivity contribution in [3.63, 3.8) is 0 Å². The number of nitrogens with one attached hydrogen (secondary N) is 1. The van der Waals surface area contributed by atoms with Crippen LogP contribution in [0.4, 0.5) is 0 Å². The van der Waals surface area contributed by atoms with Gasteiger partial charge in [0.25, 0.3) is 5.91 Å². The molecule has 2 heterocycles. The van der Waals surface area contributed by atoms with Crippen molar-refractivity contribution in [2.45, 2.75) is 50.4 Å². The molecule has 1 N–H and O–H groups in total. The van der Waals surface area contributed by atoms with Gasteiger partial charge in [-0.25, -0.2) is 0 Å². The number of hydrogen-bond donors (Lipinski definition) is 1. The molecule has 1 spiro atoms.